The lowest BCUT2D eigenvalue weighted by Crippen LogP contribution is -2.37. The van der Waals surface area contributed by atoms with Gasteiger partial charge in [0.05, 0.1) is 16.9 Å². The molecule has 0 saturated heterocycles. The Morgan fingerprint density at radius 2 is 2.25 bits per heavy atom. The lowest BCUT2D eigenvalue weighted by molar-refractivity contribution is -0.385. The molecule has 104 valence electrons. The average molecular weight is 273 g/mol. The quantitative estimate of drug-likeness (QED) is 0.675. The molecule has 6 nitrogen and oxygen atoms in total. The second kappa shape index (κ2) is 5.70. The maximum atomic E-state index is 12.2. The molecule has 1 fully saturated rings. The second-order valence-electron chi connectivity index (χ2n) is 4.95. The van der Waals surface area contributed by atoms with Gasteiger partial charge in [0, 0.05) is 23.2 Å². The van der Waals surface area contributed by atoms with Crippen LogP contribution in [-0.2, 0) is 0 Å². The molecule has 0 bridgehead atoms. The Balaban J connectivity index is 2.20. The first-order chi connectivity index (χ1) is 9.54. The van der Waals surface area contributed by atoms with Crippen molar-refractivity contribution in [1.29, 1.82) is 5.26 Å². The number of nitro benzene ring substituents is 1. The zero-order chi connectivity index (χ0) is 14.7. The summed E-state index contributed by atoms with van der Waals surface area (Å²) in [5.41, 5.74) is 0.574. The van der Waals surface area contributed by atoms with Gasteiger partial charge in [-0.2, -0.15) is 5.26 Å². The summed E-state index contributed by atoms with van der Waals surface area (Å²) in [5, 5.41) is 22.7. The lowest BCUT2D eigenvalue weighted by Gasteiger charge is -2.16. The van der Waals surface area contributed by atoms with Crippen LogP contribution in [0.1, 0.15) is 35.2 Å². The Labute approximate surface area is 116 Å². The summed E-state index contributed by atoms with van der Waals surface area (Å²) in [5.74, 6) is -0.517. The topological polar surface area (TPSA) is 96.0 Å². The fraction of sp³-hybridized carbons (Fsp3) is 0.429. The minimum Gasteiger partial charge on any atom is -0.348 e. The van der Waals surface area contributed by atoms with Crippen molar-refractivity contribution in [3.05, 3.63) is 39.4 Å². The minimum absolute atomic E-state index is 0.0686. The predicted octanol–water partition coefficient (Wildman–Crippen LogP) is 2.33. The van der Waals surface area contributed by atoms with Crippen LogP contribution in [0.15, 0.2) is 18.2 Å². The molecule has 1 saturated carbocycles. The van der Waals surface area contributed by atoms with Gasteiger partial charge in [0.1, 0.15) is 0 Å². The zero-order valence-corrected chi connectivity index (χ0v) is 11.1. The zero-order valence-electron chi connectivity index (χ0n) is 11.1. The van der Waals surface area contributed by atoms with Crippen molar-refractivity contribution < 1.29 is 9.72 Å². The Kier molecular flexibility index (Phi) is 3.99. The van der Waals surface area contributed by atoms with Crippen molar-refractivity contribution in [3.8, 4) is 6.07 Å². The number of rotatable bonds is 3. The van der Waals surface area contributed by atoms with E-state index in [-0.39, 0.29) is 23.6 Å². The van der Waals surface area contributed by atoms with E-state index in [9.17, 15) is 14.9 Å². The number of hydrogen-bond donors (Lipinski definition) is 1. The highest BCUT2D eigenvalue weighted by Crippen LogP contribution is 2.26. The van der Waals surface area contributed by atoms with Crippen molar-refractivity contribution in [3.63, 3.8) is 0 Å². The van der Waals surface area contributed by atoms with Gasteiger partial charge in [-0.15, -0.1) is 0 Å². The molecule has 0 aliphatic heterocycles. The molecule has 0 aromatic heterocycles. The van der Waals surface area contributed by atoms with Gasteiger partial charge in [-0.1, -0.05) is 6.07 Å². The smallest absolute Gasteiger partial charge is 0.273 e. The highest BCUT2D eigenvalue weighted by molar-refractivity contribution is 5.96. The lowest BCUT2D eigenvalue weighted by atomic mass is 10.0. The first-order valence-corrected chi connectivity index (χ1v) is 6.49. The largest absolute Gasteiger partial charge is 0.348 e. The molecule has 1 N–H and O–H groups in total. The Morgan fingerprint density at radius 3 is 2.90 bits per heavy atom. The van der Waals surface area contributed by atoms with Crippen LogP contribution in [0, 0.1) is 34.3 Å². The van der Waals surface area contributed by atoms with Gasteiger partial charge in [-0.3, -0.25) is 14.9 Å². The summed E-state index contributed by atoms with van der Waals surface area (Å²) in [7, 11) is 0. The van der Waals surface area contributed by atoms with Crippen molar-refractivity contribution in [1.82, 2.24) is 5.32 Å². The molecule has 0 radical (unpaired) electrons. The number of hydrogen-bond acceptors (Lipinski definition) is 4. The third kappa shape index (κ3) is 2.62. The van der Waals surface area contributed by atoms with Crippen LogP contribution in [-0.4, -0.2) is 16.9 Å². The van der Waals surface area contributed by atoms with Gasteiger partial charge in [0.25, 0.3) is 11.6 Å². The van der Waals surface area contributed by atoms with E-state index in [1.165, 1.54) is 12.1 Å². The van der Waals surface area contributed by atoms with E-state index in [2.05, 4.69) is 11.4 Å². The van der Waals surface area contributed by atoms with Gasteiger partial charge < -0.3 is 5.32 Å². The summed E-state index contributed by atoms with van der Waals surface area (Å²) in [6.45, 7) is 1.56. The molecule has 0 heterocycles. The van der Waals surface area contributed by atoms with E-state index in [1.807, 2.05) is 0 Å². The summed E-state index contributed by atoms with van der Waals surface area (Å²) in [6, 6.07) is 6.47. The third-order valence-electron chi connectivity index (χ3n) is 3.74. The molecule has 1 aromatic carbocycles. The van der Waals surface area contributed by atoms with Crippen molar-refractivity contribution in [2.75, 3.05) is 0 Å². The summed E-state index contributed by atoms with van der Waals surface area (Å²) >= 11 is 0. The molecule has 2 rings (SSSR count). The molecule has 0 spiro atoms. The first-order valence-electron chi connectivity index (χ1n) is 6.49. The fourth-order valence-corrected chi connectivity index (χ4v) is 2.60. The highest BCUT2D eigenvalue weighted by Gasteiger charge is 2.29. The number of carbonyl (C=O) groups excluding carboxylic acids is 1. The number of nitrogens with zero attached hydrogens (tertiary/aromatic N) is 2. The summed E-state index contributed by atoms with van der Waals surface area (Å²) < 4.78 is 0. The number of nitro groups is 1. The van der Waals surface area contributed by atoms with Gasteiger partial charge in [0.2, 0.25) is 0 Å². The van der Waals surface area contributed by atoms with Gasteiger partial charge in [0.15, 0.2) is 0 Å². The van der Waals surface area contributed by atoms with Crippen LogP contribution < -0.4 is 5.32 Å². The molecule has 1 aromatic rings. The SMILES string of the molecule is Cc1c(C(=O)NC2CCCC2C#N)cccc1[N+](=O)[O-]. The van der Waals surface area contributed by atoms with Crippen molar-refractivity contribution in [2.45, 2.75) is 32.2 Å². The van der Waals surface area contributed by atoms with E-state index >= 15 is 0 Å². The first kappa shape index (κ1) is 14.0. The van der Waals surface area contributed by atoms with E-state index in [0.717, 1.165) is 19.3 Å². The van der Waals surface area contributed by atoms with Crippen LogP contribution in [0.4, 0.5) is 5.69 Å². The van der Waals surface area contributed by atoms with Gasteiger partial charge in [-0.25, -0.2) is 0 Å². The molecular weight excluding hydrogens is 258 g/mol. The Hall–Kier alpha value is -2.42. The number of amides is 1. The molecule has 2 atom stereocenters. The van der Waals surface area contributed by atoms with Gasteiger partial charge >= 0.3 is 0 Å². The molecule has 1 amide bonds. The van der Waals surface area contributed by atoms with E-state index in [1.54, 1.807) is 13.0 Å². The van der Waals surface area contributed by atoms with E-state index < -0.39 is 4.92 Å². The number of benzene rings is 1. The van der Waals surface area contributed by atoms with Crippen LogP contribution >= 0.6 is 0 Å². The van der Waals surface area contributed by atoms with E-state index in [4.69, 9.17) is 5.26 Å². The van der Waals surface area contributed by atoms with Crippen LogP contribution in [0.2, 0.25) is 0 Å². The van der Waals surface area contributed by atoms with Crippen LogP contribution in [0.25, 0.3) is 0 Å². The number of carbonyl (C=O) groups is 1. The number of nitrogens with one attached hydrogen (secondary N) is 1. The second-order valence-corrected chi connectivity index (χ2v) is 4.95. The maximum absolute atomic E-state index is 12.2. The standard InChI is InChI=1S/C14H15N3O3/c1-9-11(5-3-7-13(9)17(19)20)14(18)16-12-6-2-4-10(12)8-15/h3,5,7,10,12H,2,4,6H2,1H3,(H,16,18). The summed E-state index contributed by atoms with van der Waals surface area (Å²) in [4.78, 5) is 22.6. The molecule has 1 aliphatic carbocycles. The van der Waals surface area contributed by atoms with E-state index in [0.29, 0.717) is 11.1 Å². The minimum atomic E-state index is -0.500. The fourth-order valence-electron chi connectivity index (χ4n) is 2.60. The van der Waals surface area contributed by atoms with Crippen LogP contribution in [0.5, 0.6) is 0 Å². The van der Waals surface area contributed by atoms with Crippen molar-refractivity contribution >= 4 is 11.6 Å². The Morgan fingerprint density at radius 1 is 1.50 bits per heavy atom. The normalized spacial score (nSPS) is 21.2. The van der Waals surface area contributed by atoms with Gasteiger partial charge in [-0.05, 0) is 32.3 Å². The molecular formula is C14H15N3O3. The average Bonchev–Trinajstić information content (AvgIpc) is 2.85. The monoisotopic (exact) mass is 273 g/mol. The molecule has 6 heteroatoms. The van der Waals surface area contributed by atoms with Crippen LogP contribution in [0.3, 0.4) is 0 Å². The van der Waals surface area contributed by atoms with Crippen molar-refractivity contribution in [2.24, 2.45) is 5.92 Å². The molecule has 2 unspecified atom stereocenters. The summed E-state index contributed by atoms with van der Waals surface area (Å²) in [6.07, 6.45) is 2.48. The Bertz CT molecular complexity index is 592. The molecule has 1 aliphatic rings. The highest BCUT2D eigenvalue weighted by atomic mass is 16.6. The predicted molar refractivity (Wildman–Crippen MR) is 72.0 cm³/mol. The molecule has 20 heavy (non-hydrogen) atoms. The third-order valence-corrected chi connectivity index (χ3v) is 3.74. The maximum Gasteiger partial charge on any atom is 0.273 e. The number of nitriles is 1.